The van der Waals surface area contributed by atoms with Crippen molar-refractivity contribution in [2.75, 3.05) is 45.8 Å². The predicted molar refractivity (Wildman–Crippen MR) is 93.5 cm³/mol. The summed E-state index contributed by atoms with van der Waals surface area (Å²) in [5.74, 6) is 0.305. The minimum Gasteiger partial charge on any atom is -0.502 e. The molecule has 0 unspecified atom stereocenters. The zero-order chi connectivity index (χ0) is 19.4. The lowest BCUT2D eigenvalue weighted by molar-refractivity contribution is -0.149. The molecule has 0 atom stereocenters. The van der Waals surface area contributed by atoms with Gasteiger partial charge in [-0.1, -0.05) is 6.42 Å². The fraction of sp³-hybridized carbons (Fsp3) is 0.722. The number of halogens is 3. The minimum absolute atomic E-state index is 0.193. The lowest BCUT2D eigenvalue weighted by Gasteiger charge is -2.34. The van der Waals surface area contributed by atoms with E-state index in [2.05, 4.69) is 4.90 Å². The lowest BCUT2D eigenvalue weighted by Crippen LogP contribution is -2.48. The molecule has 1 N–H and O–H groups in total. The van der Waals surface area contributed by atoms with Crippen molar-refractivity contribution >= 4 is 0 Å². The van der Waals surface area contributed by atoms with Gasteiger partial charge in [-0.3, -0.25) is 19.5 Å². The van der Waals surface area contributed by atoms with Gasteiger partial charge in [0, 0.05) is 32.2 Å². The highest BCUT2D eigenvalue weighted by atomic mass is 19.4. The number of aromatic hydroxyl groups is 1. The Morgan fingerprint density at radius 1 is 0.926 bits per heavy atom. The number of nitrogens with zero attached hydrogens (tertiary/aromatic N) is 3. The van der Waals surface area contributed by atoms with Crippen LogP contribution in [-0.4, -0.2) is 71.8 Å². The summed E-state index contributed by atoms with van der Waals surface area (Å²) >= 11 is 0. The van der Waals surface area contributed by atoms with Gasteiger partial charge in [0.2, 0.25) is 11.2 Å². The number of hydrogen-bond acceptors (Lipinski definition) is 6. The van der Waals surface area contributed by atoms with Crippen molar-refractivity contribution in [2.24, 2.45) is 0 Å². The van der Waals surface area contributed by atoms with Crippen LogP contribution in [0.15, 0.2) is 15.3 Å². The Morgan fingerprint density at radius 2 is 1.52 bits per heavy atom. The fourth-order valence-corrected chi connectivity index (χ4v) is 3.67. The molecule has 152 valence electrons. The van der Waals surface area contributed by atoms with Gasteiger partial charge in [0.05, 0.1) is 19.6 Å². The van der Waals surface area contributed by atoms with Crippen molar-refractivity contribution in [3.05, 3.63) is 27.8 Å². The Labute approximate surface area is 156 Å². The van der Waals surface area contributed by atoms with E-state index in [1.54, 1.807) is 0 Å². The summed E-state index contributed by atoms with van der Waals surface area (Å²) in [6, 6.07) is 1.33. The van der Waals surface area contributed by atoms with Crippen LogP contribution >= 0.6 is 0 Å². The number of alkyl halides is 3. The third-order valence-electron chi connectivity index (χ3n) is 5.11. The summed E-state index contributed by atoms with van der Waals surface area (Å²) in [4.78, 5) is 17.6. The molecule has 1 aromatic heterocycles. The Hall–Kier alpha value is -1.58. The van der Waals surface area contributed by atoms with Crippen molar-refractivity contribution in [1.82, 2.24) is 14.7 Å². The number of rotatable bonds is 5. The second kappa shape index (κ2) is 8.62. The molecule has 0 aromatic carbocycles. The first-order valence-electron chi connectivity index (χ1n) is 9.39. The molecule has 2 aliphatic rings. The largest absolute Gasteiger partial charge is 0.502 e. The van der Waals surface area contributed by atoms with Crippen molar-refractivity contribution in [1.29, 1.82) is 0 Å². The minimum atomic E-state index is -4.20. The molecule has 3 rings (SSSR count). The van der Waals surface area contributed by atoms with Crippen LogP contribution in [-0.2, 0) is 13.1 Å². The Bertz CT molecular complexity index is 679. The summed E-state index contributed by atoms with van der Waals surface area (Å²) in [6.07, 6.45) is -0.744. The van der Waals surface area contributed by atoms with Crippen LogP contribution in [0.1, 0.15) is 30.8 Å². The molecular weight excluding hydrogens is 363 g/mol. The van der Waals surface area contributed by atoms with Gasteiger partial charge in [-0.2, -0.15) is 13.2 Å². The van der Waals surface area contributed by atoms with Gasteiger partial charge in [0.1, 0.15) is 5.76 Å². The second-order valence-electron chi connectivity index (χ2n) is 7.35. The number of piperazine rings is 1. The first-order valence-corrected chi connectivity index (χ1v) is 9.39. The van der Waals surface area contributed by atoms with E-state index in [1.807, 2.05) is 4.90 Å². The third-order valence-corrected chi connectivity index (χ3v) is 5.11. The summed E-state index contributed by atoms with van der Waals surface area (Å²) in [5, 5.41) is 10.1. The van der Waals surface area contributed by atoms with Crippen molar-refractivity contribution in [2.45, 2.75) is 38.5 Å². The highest BCUT2D eigenvalue weighted by Gasteiger charge is 2.32. The molecule has 0 amide bonds. The molecule has 2 saturated heterocycles. The highest BCUT2D eigenvalue weighted by Crippen LogP contribution is 2.21. The third kappa shape index (κ3) is 5.95. The summed E-state index contributed by atoms with van der Waals surface area (Å²) in [7, 11) is 0. The number of likely N-dealkylation sites (tertiary alicyclic amines) is 1. The van der Waals surface area contributed by atoms with Gasteiger partial charge in [-0.25, -0.2) is 0 Å². The summed E-state index contributed by atoms with van der Waals surface area (Å²) in [6.45, 7) is 3.19. The standard InChI is InChI=1S/C18H26F3N3O3/c19-18(20,21)13-24-8-6-23(7-9-24)12-16-17(26)15(25)10-14(27-16)11-22-4-2-1-3-5-22/h10,26H,1-9,11-13H2. The van der Waals surface area contributed by atoms with Crippen molar-refractivity contribution in [3.8, 4) is 5.75 Å². The smallest absolute Gasteiger partial charge is 0.401 e. The maximum atomic E-state index is 12.5. The monoisotopic (exact) mass is 389 g/mol. The van der Waals surface area contributed by atoms with E-state index in [0.717, 1.165) is 25.9 Å². The molecule has 6 nitrogen and oxygen atoms in total. The van der Waals surface area contributed by atoms with E-state index in [-0.39, 0.29) is 25.4 Å². The molecule has 0 radical (unpaired) electrons. The van der Waals surface area contributed by atoms with Gasteiger partial charge < -0.3 is 9.52 Å². The SMILES string of the molecule is O=c1cc(CN2CCCCC2)oc(CN2CCN(CC(F)(F)F)CC2)c1O. The van der Waals surface area contributed by atoms with Gasteiger partial charge in [-0.05, 0) is 25.9 Å². The fourth-order valence-electron chi connectivity index (χ4n) is 3.67. The van der Waals surface area contributed by atoms with Crippen molar-refractivity contribution < 1.29 is 22.7 Å². The first kappa shape index (κ1) is 20.2. The lowest BCUT2D eigenvalue weighted by atomic mass is 10.1. The molecule has 0 saturated carbocycles. The van der Waals surface area contributed by atoms with Gasteiger partial charge in [0.25, 0.3) is 0 Å². The van der Waals surface area contributed by atoms with Crippen LogP contribution in [0.25, 0.3) is 0 Å². The predicted octanol–water partition coefficient (Wildman–Crippen LogP) is 2.01. The second-order valence-corrected chi connectivity index (χ2v) is 7.35. The quantitative estimate of drug-likeness (QED) is 0.832. The van der Waals surface area contributed by atoms with Crippen LogP contribution in [0.2, 0.25) is 0 Å². The molecule has 0 spiro atoms. The molecule has 2 fully saturated rings. The van der Waals surface area contributed by atoms with E-state index >= 15 is 0 Å². The average Bonchev–Trinajstić information content (AvgIpc) is 2.60. The Kier molecular flexibility index (Phi) is 6.44. The maximum Gasteiger partial charge on any atom is 0.401 e. The molecule has 9 heteroatoms. The normalized spacial score (nSPS) is 20.9. The van der Waals surface area contributed by atoms with Crippen LogP contribution in [0.3, 0.4) is 0 Å². The van der Waals surface area contributed by atoms with Crippen LogP contribution in [0.4, 0.5) is 13.2 Å². The zero-order valence-corrected chi connectivity index (χ0v) is 15.3. The summed E-state index contributed by atoms with van der Waals surface area (Å²) in [5.41, 5.74) is -0.473. The highest BCUT2D eigenvalue weighted by molar-refractivity contribution is 5.25. The summed E-state index contributed by atoms with van der Waals surface area (Å²) < 4.78 is 43.2. The molecule has 2 aliphatic heterocycles. The molecule has 0 aliphatic carbocycles. The van der Waals surface area contributed by atoms with Crippen LogP contribution in [0.5, 0.6) is 5.75 Å². The molecule has 0 bridgehead atoms. The Morgan fingerprint density at radius 3 is 2.15 bits per heavy atom. The van der Waals surface area contributed by atoms with Crippen LogP contribution in [0, 0.1) is 0 Å². The maximum absolute atomic E-state index is 12.5. The average molecular weight is 389 g/mol. The molecule has 1 aromatic rings. The van der Waals surface area contributed by atoms with E-state index in [1.165, 1.54) is 17.4 Å². The van der Waals surface area contributed by atoms with Gasteiger partial charge in [-0.15, -0.1) is 0 Å². The van der Waals surface area contributed by atoms with Gasteiger partial charge in [0.15, 0.2) is 5.76 Å². The van der Waals surface area contributed by atoms with E-state index in [9.17, 15) is 23.1 Å². The van der Waals surface area contributed by atoms with E-state index in [0.29, 0.717) is 25.4 Å². The van der Waals surface area contributed by atoms with Crippen molar-refractivity contribution in [3.63, 3.8) is 0 Å². The van der Waals surface area contributed by atoms with E-state index < -0.39 is 23.9 Å². The van der Waals surface area contributed by atoms with E-state index in [4.69, 9.17) is 4.42 Å². The number of piperidine rings is 1. The van der Waals surface area contributed by atoms with Crippen LogP contribution < -0.4 is 5.43 Å². The topological polar surface area (TPSA) is 60.2 Å². The molecular formula is C18H26F3N3O3. The number of hydrogen-bond donors (Lipinski definition) is 1. The van der Waals surface area contributed by atoms with Gasteiger partial charge >= 0.3 is 6.18 Å². The Balaban J connectivity index is 1.60. The molecule has 3 heterocycles. The zero-order valence-electron chi connectivity index (χ0n) is 15.3. The molecule has 27 heavy (non-hydrogen) atoms. The first-order chi connectivity index (χ1) is 12.8.